The summed E-state index contributed by atoms with van der Waals surface area (Å²) in [7, 11) is 1.65. The molecule has 7 heteroatoms. The first kappa shape index (κ1) is 20.5. The molecular formula is C22H25NO6. The summed E-state index contributed by atoms with van der Waals surface area (Å²) in [6.45, 7) is 4.79. The highest BCUT2D eigenvalue weighted by atomic mass is 16.6. The first-order valence-corrected chi connectivity index (χ1v) is 9.40. The number of hydrogen-bond donors (Lipinski definition) is 0. The quantitative estimate of drug-likeness (QED) is 0.667. The van der Waals surface area contributed by atoms with Crippen molar-refractivity contribution in [2.24, 2.45) is 0 Å². The standard InChI is InChI=1S/C22H25NO6/c1-15-4-6-18(10-16(15)2)28-14-22(25)29-13-21(24)23(3)12-17-5-7-19-20(11-17)27-9-8-26-19/h4-7,10-11H,8-9,12-14H2,1-3H3. The number of esters is 1. The van der Waals surface area contributed by atoms with Gasteiger partial charge in [-0.3, -0.25) is 4.79 Å². The second-order valence-electron chi connectivity index (χ2n) is 6.92. The van der Waals surface area contributed by atoms with Gasteiger partial charge in [0.2, 0.25) is 0 Å². The van der Waals surface area contributed by atoms with Gasteiger partial charge in [-0.05, 0) is 54.8 Å². The van der Waals surface area contributed by atoms with Gasteiger partial charge in [-0.1, -0.05) is 12.1 Å². The van der Waals surface area contributed by atoms with Gasteiger partial charge in [-0.15, -0.1) is 0 Å². The number of rotatable bonds is 7. The number of carbonyl (C=O) groups excluding carboxylic acids is 2. The Hall–Kier alpha value is -3.22. The zero-order valence-corrected chi connectivity index (χ0v) is 16.9. The van der Waals surface area contributed by atoms with Crippen molar-refractivity contribution in [2.45, 2.75) is 20.4 Å². The molecule has 0 aliphatic carbocycles. The van der Waals surface area contributed by atoms with E-state index >= 15 is 0 Å². The van der Waals surface area contributed by atoms with Crippen LogP contribution in [0.5, 0.6) is 17.2 Å². The number of hydrogen-bond acceptors (Lipinski definition) is 6. The van der Waals surface area contributed by atoms with E-state index in [1.165, 1.54) is 4.90 Å². The van der Waals surface area contributed by atoms with Crippen molar-refractivity contribution in [3.63, 3.8) is 0 Å². The molecule has 29 heavy (non-hydrogen) atoms. The lowest BCUT2D eigenvalue weighted by Gasteiger charge is -2.21. The van der Waals surface area contributed by atoms with E-state index in [1.54, 1.807) is 13.1 Å². The van der Waals surface area contributed by atoms with Gasteiger partial charge in [0.15, 0.2) is 24.7 Å². The number of aryl methyl sites for hydroxylation is 2. The van der Waals surface area contributed by atoms with Gasteiger partial charge in [0, 0.05) is 13.6 Å². The minimum atomic E-state index is -0.593. The molecule has 7 nitrogen and oxygen atoms in total. The third-order valence-corrected chi connectivity index (χ3v) is 4.64. The molecule has 0 aromatic heterocycles. The molecule has 1 aliphatic heterocycles. The zero-order valence-electron chi connectivity index (χ0n) is 16.9. The molecule has 0 radical (unpaired) electrons. The third-order valence-electron chi connectivity index (χ3n) is 4.64. The van der Waals surface area contributed by atoms with Crippen LogP contribution in [0, 0.1) is 13.8 Å². The minimum Gasteiger partial charge on any atom is -0.486 e. The summed E-state index contributed by atoms with van der Waals surface area (Å²) in [5.41, 5.74) is 3.12. The molecular weight excluding hydrogens is 374 g/mol. The largest absolute Gasteiger partial charge is 0.486 e. The van der Waals surface area contributed by atoms with E-state index in [-0.39, 0.29) is 19.1 Å². The van der Waals surface area contributed by atoms with Crippen LogP contribution in [-0.4, -0.2) is 50.3 Å². The van der Waals surface area contributed by atoms with Crippen molar-refractivity contribution < 1.29 is 28.5 Å². The molecule has 154 valence electrons. The molecule has 0 bridgehead atoms. The lowest BCUT2D eigenvalue weighted by atomic mass is 10.1. The van der Waals surface area contributed by atoms with Gasteiger partial charge >= 0.3 is 5.97 Å². The molecule has 0 saturated heterocycles. The highest BCUT2D eigenvalue weighted by molar-refractivity contribution is 5.80. The van der Waals surface area contributed by atoms with Crippen molar-refractivity contribution in [3.8, 4) is 17.2 Å². The Kier molecular flexibility index (Phi) is 6.59. The molecule has 0 spiro atoms. The summed E-state index contributed by atoms with van der Waals surface area (Å²) in [5.74, 6) is 1.06. The summed E-state index contributed by atoms with van der Waals surface area (Å²) >= 11 is 0. The predicted octanol–water partition coefficient (Wildman–Crippen LogP) is 2.66. The van der Waals surface area contributed by atoms with E-state index < -0.39 is 5.97 Å². The number of carbonyl (C=O) groups is 2. The minimum absolute atomic E-state index is 0.248. The Morgan fingerprint density at radius 2 is 1.72 bits per heavy atom. The molecule has 1 heterocycles. The fourth-order valence-corrected chi connectivity index (χ4v) is 2.79. The molecule has 0 fully saturated rings. The van der Waals surface area contributed by atoms with E-state index in [2.05, 4.69) is 0 Å². The van der Waals surface area contributed by atoms with Crippen molar-refractivity contribution >= 4 is 11.9 Å². The summed E-state index contributed by atoms with van der Waals surface area (Å²) in [6, 6.07) is 11.1. The predicted molar refractivity (Wildman–Crippen MR) is 106 cm³/mol. The Bertz CT molecular complexity index is 895. The van der Waals surface area contributed by atoms with Crippen LogP contribution in [-0.2, 0) is 20.9 Å². The molecule has 2 aromatic carbocycles. The first-order chi connectivity index (χ1) is 13.9. The molecule has 3 rings (SSSR count). The Labute approximate surface area is 170 Å². The van der Waals surface area contributed by atoms with Crippen LogP contribution in [0.4, 0.5) is 0 Å². The van der Waals surface area contributed by atoms with Crippen LogP contribution in [0.3, 0.4) is 0 Å². The van der Waals surface area contributed by atoms with Crippen molar-refractivity contribution in [3.05, 3.63) is 53.1 Å². The second kappa shape index (κ2) is 9.32. The van der Waals surface area contributed by atoms with Crippen LogP contribution >= 0.6 is 0 Å². The lowest BCUT2D eigenvalue weighted by molar-refractivity contribution is -0.153. The van der Waals surface area contributed by atoms with Crippen molar-refractivity contribution in [1.29, 1.82) is 0 Å². The topological polar surface area (TPSA) is 74.3 Å². The van der Waals surface area contributed by atoms with Gasteiger partial charge in [0.05, 0.1) is 0 Å². The van der Waals surface area contributed by atoms with Gasteiger partial charge in [0.25, 0.3) is 5.91 Å². The molecule has 0 saturated carbocycles. The number of ether oxygens (including phenoxy) is 4. The average Bonchev–Trinajstić information content (AvgIpc) is 2.72. The first-order valence-electron chi connectivity index (χ1n) is 9.40. The van der Waals surface area contributed by atoms with Crippen LogP contribution in [0.15, 0.2) is 36.4 Å². The number of likely N-dealkylation sites (N-methyl/N-ethyl adjacent to an activating group) is 1. The highest BCUT2D eigenvalue weighted by Gasteiger charge is 2.16. The summed E-state index contributed by atoms with van der Waals surface area (Å²) in [5, 5.41) is 0. The smallest absolute Gasteiger partial charge is 0.344 e. The van der Waals surface area contributed by atoms with E-state index in [0.717, 1.165) is 16.7 Å². The molecule has 1 amide bonds. The molecule has 2 aromatic rings. The van der Waals surface area contributed by atoms with E-state index in [0.29, 0.717) is 37.0 Å². The highest BCUT2D eigenvalue weighted by Crippen LogP contribution is 2.31. The average molecular weight is 399 g/mol. The van der Waals surface area contributed by atoms with Gasteiger partial charge in [0.1, 0.15) is 19.0 Å². The third kappa shape index (κ3) is 5.63. The van der Waals surface area contributed by atoms with Crippen LogP contribution in [0.25, 0.3) is 0 Å². The van der Waals surface area contributed by atoms with E-state index in [9.17, 15) is 9.59 Å². The van der Waals surface area contributed by atoms with Crippen molar-refractivity contribution in [1.82, 2.24) is 4.90 Å². The van der Waals surface area contributed by atoms with E-state index in [4.69, 9.17) is 18.9 Å². The van der Waals surface area contributed by atoms with E-state index in [1.807, 2.05) is 44.2 Å². The Morgan fingerprint density at radius 1 is 0.966 bits per heavy atom. The fraction of sp³-hybridized carbons (Fsp3) is 0.364. The van der Waals surface area contributed by atoms with Gasteiger partial charge in [-0.25, -0.2) is 4.79 Å². The van der Waals surface area contributed by atoms with Gasteiger partial charge in [-0.2, -0.15) is 0 Å². The zero-order chi connectivity index (χ0) is 20.8. The summed E-state index contributed by atoms with van der Waals surface area (Å²) in [4.78, 5) is 25.6. The normalized spacial score (nSPS) is 12.2. The monoisotopic (exact) mass is 399 g/mol. The lowest BCUT2D eigenvalue weighted by Crippen LogP contribution is -2.31. The number of fused-ring (bicyclic) bond motifs is 1. The fourth-order valence-electron chi connectivity index (χ4n) is 2.79. The van der Waals surface area contributed by atoms with Crippen LogP contribution < -0.4 is 14.2 Å². The summed E-state index contributed by atoms with van der Waals surface area (Å²) in [6.07, 6.45) is 0. The summed E-state index contributed by atoms with van der Waals surface area (Å²) < 4.78 is 21.5. The van der Waals surface area contributed by atoms with Crippen LogP contribution in [0.1, 0.15) is 16.7 Å². The van der Waals surface area contributed by atoms with Crippen LogP contribution in [0.2, 0.25) is 0 Å². The van der Waals surface area contributed by atoms with Gasteiger partial charge < -0.3 is 23.8 Å². The SMILES string of the molecule is Cc1ccc(OCC(=O)OCC(=O)N(C)Cc2ccc3c(c2)OCCO3)cc1C. The number of nitrogens with zero attached hydrogens (tertiary/aromatic N) is 1. The Balaban J connectivity index is 1.43. The number of benzene rings is 2. The van der Waals surface area contributed by atoms with Crippen molar-refractivity contribution in [2.75, 3.05) is 33.5 Å². The second-order valence-corrected chi connectivity index (χ2v) is 6.92. The molecule has 0 atom stereocenters. The number of amides is 1. The maximum absolute atomic E-state index is 12.2. The molecule has 0 N–H and O–H groups in total. The maximum Gasteiger partial charge on any atom is 0.344 e. The Morgan fingerprint density at radius 3 is 2.48 bits per heavy atom. The maximum atomic E-state index is 12.2. The molecule has 0 unspecified atom stereocenters. The molecule has 1 aliphatic rings.